The topological polar surface area (TPSA) is 71.1 Å². The summed E-state index contributed by atoms with van der Waals surface area (Å²) in [5.74, 6) is -0.571. The number of hydrogen-bond donors (Lipinski definition) is 0. The Kier molecular flexibility index (Phi) is 9.28. The number of carbonyl (C=O) groups excluding carboxylic acids is 2. The normalized spacial score (nSPS) is 12.1. The second-order valence-electron chi connectivity index (χ2n) is 6.39. The van der Waals surface area contributed by atoms with Crippen molar-refractivity contribution in [1.82, 2.24) is 0 Å². The van der Waals surface area contributed by atoms with Gasteiger partial charge < -0.3 is 18.9 Å². The van der Waals surface area contributed by atoms with Crippen LogP contribution in [0.1, 0.15) is 54.4 Å². The molecular weight excluding hydrogens is 288 g/mol. The monoisotopic (exact) mass is 318 g/mol. The maximum Gasteiger partial charge on any atom is 0.313 e. The van der Waals surface area contributed by atoms with Gasteiger partial charge in [-0.25, -0.2) is 0 Å². The highest BCUT2D eigenvalue weighted by molar-refractivity contribution is 5.76. The van der Waals surface area contributed by atoms with Crippen LogP contribution in [0.4, 0.5) is 0 Å². The van der Waals surface area contributed by atoms with Gasteiger partial charge in [-0.15, -0.1) is 0 Å². The van der Waals surface area contributed by atoms with Crippen LogP contribution in [0.15, 0.2) is 0 Å². The smallest absolute Gasteiger partial charge is 0.313 e. The molecule has 0 aromatic carbocycles. The highest BCUT2D eigenvalue weighted by Gasteiger charge is 2.27. The summed E-state index contributed by atoms with van der Waals surface area (Å²) in [5, 5.41) is 0. The lowest BCUT2D eigenvalue weighted by Crippen LogP contribution is -2.27. The summed E-state index contributed by atoms with van der Waals surface area (Å²) in [4.78, 5) is 23.3. The first-order chi connectivity index (χ1) is 10.2. The second kappa shape index (κ2) is 9.79. The molecule has 0 unspecified atom stereocenters. The predicted molar refractivity (Wildman–Crippen MR) is 82.0 cm³/mol. The van der Waals surface area contributed by atoms with Crippen LogP contribution in [0.25, 0.3) is 0 Å². The van der Waals surface area contributed by atoms with Crippen LogP contribution in [-0.4, -0.2) is 38.7 Å². The molecule has 0 aliphatic carbocycles. The van der Waals surface area contributed by atoms with E-state index in [-0.39, 0.29) is 38.7 Å². The third-order valence-electron chi connectivity index (χ3n) is 3.79. The Labute approximate surface area is 133 Å². The van der Waals surface area contributed by atoms with Crippen LogP contribution < -0.4 is 0 Å². The van der Waals surface area contributed by atoms with Crippen molar-refractivity contribution < 1.29 is 28.5 Å². The average molecular weight is 318 g/mol. The molecule has 0 saturated carbocycles. The van der Waals surface area contributed by atoms with Gasteiger partial charge in [0.2, 0.25) is 0 Å². The standard InChI is InChI=1S/C16H30O6/c1-7-15(3,4)13(17)21-11-19-9-10-20-12-22-14(18)16(5,6)8-2/h7-12H2,1-6H3. The maximum absolute atomic E-state index is 11.6. The van der Waals surface area contributed by atoms with E-state index in [9.17, 15) is 9.59 Å². The SMILES string of the molecule is CCC(C)(C)C(=O)OCOCCOCOC(=O)C(C)(C)CC. The summed E-state index contributed by atoms with van der Waals surface area (Å²) in [6, 6.07) is 0. The Balaban J connectivity index is 3.60. The van der Waals surface area contributed by atoms with Crippen molar-refractivity contribution in [2.75, 3.05) is 26.8 Å². The van der Waals surface area contributed by atoms with Gasteiger partial charge in [-0.2, -0.15) is 0 Å². The average Bonchev–Trinajstić information content (AvgIpc) is 2.49. The molecule has 130 valence electrons. The molecule has 22 heavy (non-hydrogen) atoms. The van der Waals surface area contributed by atoms with Crippen molar-refractivity contribution >= 4 is 11.9 Å². The first kappa shape index (κ1) is 20.9. The molecule has 0 fully saturated rings. The fourth-order valence-corrected chi connectivity index (χ4v) is 1.11. The third-order valence-corrected chi connectivity index (χ3v) is 3.79. The number of esters is 2. The van der Waals surface area contributed by atoms with Gasteiger partial charge in [0.15, 0.2) is 13.6 Å². The predicted octanol–water partition coefficient (Wildman–Crippen LogP) is 2.89. The molecule has 0 aromatic rings. The van der Waals surface area contributed by atoms with E-state index in [0.717, 1.165) is 0 Å². The first-order valence-electron chi connectivity index (χ1n) is 7.67. The fraction of sp³-hybridized carbons (Fsp3) is 0.875. The lowest BCUT2D eigenvalue weighted by Gasteiger charge is -2.20. The zero-order chi connectivity index (χ0) is 17.2. The second-order valence-corrected chi connectivity index (χ2v) is 6.39. The summed E-state index contributed by atoms with van der Waals surface area (Å²) in [5.41, 5.74) is -1.000. The van der Waals surface area contributed by atoms with Crippen molar-refractivity contribution in [2.24, 2.45) is 10.8 Å². The molecule has 0 atom stereocenters. The van der Waals surface area contributed by atoms with Gasteiger partial charge in [-0.3, -0.25) is 9.59 Å². The van der Waals surface area contributed by atoms with Crippen LogP contribution in [-0.2, 0) is 28.5 Å². The lowest BCUT2D eigenvalue weighted by molar-refractivity contribution is -0.174. The van der Waals surface area contributed by atoms with Crippen LogP contribution in [0.5, 0.6) is 0 Å². The van der Waals surface area contributed by atoms with E-state index < -0.39 is 10.8 Å². The highest BCUT2D eigenvalue weighted by Crippen LogP contribution is 2.21. The molecule has 0 radical (unpaired) electrons. The Bertz CT molecular complexity index is 315. The summed E-state index contributed by atoms with van der Waals surface area (Å²) < 4.78 is 20.3. The molecule has 0 aliphatic rings. The van der Waals surface area contributed by atoms with Crippen LogP contribution in [0, 0.1) is 10.8 Å². The van der Waals surface area contributed by atoms with Crippen LogP contribution in [0.2, 0.25) is 0 Å². The molecule has 0 rings (SSSR count). The van der Waals surface area contributed by atoms with Crippen molar-refractivity contribution in [3.05, 3.63) is 0 Å². The molecule has 0 amide bonds. The molecule has 0 aliphatic heterocycles. The Morgan fingerprint density at radius 2 is 1.05 bits per heavy atom. The lowest BCUT2D eigenvalue weighted by atomic mass is 9.91. The van der Waals surface area contributed by atoms with Crippen LogP contribution in [0.3, 0.4) is 0 Å². The number of hydrogen-bond acceptors (Lipinski definition) is 6. The molecular formula is C16H30O6. The minimum absolute atomic E-state index is 0.103. The van der Waals surface area contributed by atoms with Gasteiger partial charge in [-0.05, 0) is 40.5 Å². The minimum Gasteiger partial charge on any atom is -0.438 e. The molecule has 0 aromatic heterocycles. The van der Waals surface area contributed by atoms with Gasteiger partial charge in [0.1, 0.15) is 0 Å². The number of ether oxygens (including phenoxy) is 4. The van der Waals surface area contributed by atoms with E-state index >= 15 is 0 Å². The molecule has 0 heterocycles. The maximum atomic E-state index is 11.6. The molecule has 6 nitrogen and oxygen atoms in total. The zero-order valence-corrected chi connectivity index (χ0v) is 14.7. The van der Waals surface area contributed by atoms with Crippen molar-refractivity contribution in [1.29, 1.82) is 0 Å². The van der Waals surface area contributed by atoms with E-state index in [1.165, 1.54) is 0 Å². The van der Waals surface area contributed by atoms with Gasteiger partial charge >= 0.3 is 11.9 Å². The van der Waals surface area contributed by atoms with Crippen molar-refractivity contribution in [3.63, 3.8) is 0 Å². The summed E-state index contributed by atoms with van der Waals surface area (Å²) >= 11 is 0. The quantitative estimate of drug-likeness (QED) is 0.331. The largest absolute Gasteiger partial charge is 0.438 e. The summed E-state index contributed by atoms with van der Waals surface area (Å²) in [6.07, 6.45) is 1.41. The first-order valence-corrected chi connectivity index (χ1v) is 7.67. The molecule has 0 bridgehead atoms. The van der Waals surface area contributed by atoms with Crippen molar-refractivity contribution in [2.45, 2.75) is 54.4 Å². The van der Waals surface area contributed by atoms with E-state index in [1.807, 2.05) is 41.5 Å². The van der Waals surface area contributed by atoms with Gasteiger partial charge in [0, 0.05) is 0 Å². The number of carbonyl (C=O) groups is 2. The molecule has 0 spiro atoms. The van der Waals surface area contributed by atoms with E-state index in [0.29, 0.717) is 12.8 Å². The van der Waals surface area contributed by atoms with Gasteiger partial charge in [-0.1, -0.05) is 13.8 Å². The Morgan fingerprint density at radius 1 is 0.727 bits per heavy atom. The fourth-order valence-electron chi connectivity index (χ4n) is 1.11. The highest BCUT2D eigenvalue weighted by atomic mass is 16.7. The van der Waals surface area contributed by atoms with Gasteiger partial charge in [0.05, 0.1) is 24.0 Å². The third kappa shape index (κ3) is 7.75. The van der Waals surface area contributed by atoms with E-state index in [4.69, 9.17) is 18.9 Å². The zero-order valence-electron chi connectivity index (χ0n) is 14.7. The summed E-state index contributed by atoms with van der Waals surface area (Å²) in [7, 11) is 0. The summed E-state index contributed by atoms with van der Waals surface area (Å²) in [6.45, 7) is 11.5. The molecule has 0 saturated heterocycles. The minimum atomic E-state index is -0.500. The molecule has 0 N–H and O–H groups in total. The molecule has 6 heteroatoms. The number of rotatable bonds is 11. The Morgan fingerprint density at radius 3 is 1.32 bits per heavy atom. The van der Waals surface area contributed by atoms with E-state index in [2.05, 4.69) is 0 Å². The van der Waals surface area contributed by atoms with Crippen LogP contribution >= 0.6 is 0 Å². The Hall–Kier alpha value is -1.14. The van der Waals surface area contributed by atoms with E-state index in [1.54, 1.807) is 0 Å². The van der Waals surface area contributed by atoms with Crippen molar-refractivity contribution in [3.8, 4) is 0 Å². The van der Waals surface area contributed by atoms with Gasteiger partial charge in [0.25, 0.3) is 0 Å².